The molecule has 0 saturated carbocycles. The number of ketones is 1. The summed E-state index contributed by atoms with van der Waals surface area (Å²) in [7, 11) is 0. The Morgan fingerprint density at radius 3 is 2.77 bits per heavy atom. The Bertz CT molecular complexity index is 945. The summed E-state index contributed by atoms with van der Waals surface area (Å²) >= 11 is 5.96. The van der Waals surface area contributed by atoms with Crippen molar-refractivity contribution in [3.63, 3.8) is 0 Å². The number of aryl methyl sites for hydroxylation is 1. The molecule has 1 aromatic carbocycles. The van der Waals surface area contributed by atoms with Crippen LogP contribution in [-0.4, -0.2) is 26.6 Å². The highest BCUT2D eigenvalue weighted by Gasteiger charge is 2.27. The van der Waals surface area contributed by atoms with E-state index < -0.39 is 10.8 Å². The summed E-state index contributed by atoms with van der Waals surface area (Å²) in [5.74, 6) is -0.459. The van der Waals surface area contributed by atoms with Gasteiger partial charge in [-0.1, -0.05) is 24.6 Å². The van der Waals surface area contributed by atoms with Crippen LogP contribution < -0.4 is 5.32 Å². The molecular formula is C17H15ClN4O4. The highest BCUT2D eigenvalue weighted by Crippen LogP contribution is 2.29. The Labute approximate surface area is 153 Å². The third-order valence-electron chi connectivity index (χ3n) is 4.16. The summed E-state index contributed by atoms with van der Waals surface area (Å²) in [6.45, 7) is 3.64. The van der Waals surface area contributed by atoms with Crippen LogP contribution in [0, 0.1) is 23.0 Å². The SMILES string of the molecule is Cc1nc(NC(=O)c2cccc([N+](=O)[O-])c2Cl)nc2c1C(=O)C[C@@H](C)C2. The number of nitro benzene ring substituents is 1. The molecule has 9 heteroatoms. The van der Waals surface area contributed by atoms with Crippen molar-refractivity contribution in [3.05, 3.63) is 55.9 Å². The Balaban J connectivity index is 1.93. The molecule has 1 aliphatic rings. The summed E-state index contributed by atoms with van der Waals surface area (Å²) in [5.41, 5.74) is 1.19. The van der Waals surface area contributed by atoms with Gasteiger partial charge in [0.1, 0.15) is 5.02 Å². The molecule has 1 aromatic heterocycles. The van der Waals surface area contributed by atoms with Gasteiger partial charge < -0.3 is 0 Å². The highest BCUT2D eigenvalue weighted by molar-refractivity contribution is 6.36. The molecule has 1 heterocycles. The van der Waals surface area contributed by atoms with E-state index >= 15 is 0 Å². The fourth-order valence-electron chi connectivity index (χ4n) is 3.02. The second-order valence-corrected chi connectivity index (χ2v) is 6.62. The minimum atomic E-state index is -0.661. The van der Waals surface area contributed by atoms with Gasteiger partial charge in [0.15, 0.2) is 5.78 Å². The molecule has 26 heavy (non-hydrogen) atoms. The van der Waals surface area contributed by atoms with Crippen molar-refractivity contribution in [2.24, 2.45) is 5.92 Å². The van der Waals surface area contributed by atoms with Crippen LogP contribution in [0.15, 0.2) is 18.2 Å². The van der Waals surface area contributed by atoms with Gasteiger partial charge in [-0.25, -0.2) is 9.97 Å². The fourth-order valence-corrected chi connectivity index (χ4v) is 3.31. The Morgan fingerprint density at radius 1 is 1.35 bits per heavy atom. The van der Waals surface area contributed by atoms with Crippen LogP contribution >= 0.6 is 11.6 Å². The van der Waals surface area contributed by atoms with Crippen molar-refractivity contribution in [2.75, 3.05) is 5.32 Å². The number of nitro groups is 1. The van der Waals surface area contributed by atoms with E-state index in [-0.39, 0.29) is 33.9 Å². The fraction of sp³-hybridized carbons (Fsp3) is 0.294. The molecule has 1 atom stereocenters. The summed E-state index contributed by atoms with van der Waals surface area (Å²) in [4.78, 5) is 43.4. The minimum Gasteiger partial charge on any atom is -0.294 e. The van der Waals surface area contributed by atoms with E-state index in [1.165, 1.54) is 18.2 Å². The van der Waals surface area contributed by atoms with Gasteiger partial charge >= 0.3 is 0 Å². The number of fused-ring (bicyclic) bond motifs is 1. The zero-order valence-corrected chi connectivity index (χ0v) is 14.8. The first kappa shape index (κ1) is 17.9. The number of aromatic nitrogens is 2. The average Bonchev–Trinajstić information content (AvgIpc) is 2.53. The third-order valence-corrected chi connectivity index (χ3v) is 4.56. The third kappa shape index (κ3) is 3.28. The molecule has 1 aliphatic carbocycles. The molecule has 1 N–H and O–H groups in total. The van der Waals surface area contributed by atoms with Crippen LogP contribution in [-0.2, 0) is 6.42 Å². The molecule has 0 spiro atoms. The number of hydrogen-bond donors (Lipinski definition) is 1. The normalized spacial score (nSPS) is 16.1. The Hall–Kier alpha value is -2.87. The molecule has 3 rings (SSSR count). The van der Waals surface area contributed by atoms with Gasteiger partial charge in [-0.3, -0.25) is 25.0 Å². The summed E-state index contributed by atoms with van der Waals surface area (Å²) in [5, 5.41) is 13.2. The van der Waals surface area contributed by atoms with E-state index in [0.717, 1.165) is 0 Å². The highest BCUT2D eigenvalue weighted by atomic mass is 35.5. The van der Waals surface area contributed by atoms with E-state index in [4.69, 9.17) is 11.6 Å². The number of carbonyl (C=O) groups excluding carboxylic acids is 2. The molecule has 8 nitrogen and oxygen atoms in total. The zero-order chi connectivity index (χ0) is 19.0. The van der Waals surface area contributed by atoms with Gasteiger partial charge in [-0.15, -0.1) is 0 Å². The minimum absolute atomic E-state index is 0.00384. The van der Waals surface area contributed by atoms with Gasteiger partial charge in [0.25, 0.3) is 11.6 Å². The number of anilines is 1. The Morgan fingerprint density at radius 2 is 2.08 bits per heavy atom. The zero-order valence-electron chi connectivity index (χ0n) is 14.1. The van der Waals surface area contributed by atoms with Gasteiger partial charge in [0, 0.05) is 12.5 Å². The predicted molar refractivity (Wildman–Crippen MR) is 94.6 cm³/mol. The smallest absolute Gasteiger partial charge is 0.288 e. The topological polar surface area (TPSA) is 115 Å². The lowest BCUT2D eigenvalue weighted by Gasteiger charge is -2.21. The van der Waals surface area contributed by atoms with E-state index in [1.807, 2.05) is 6.92 Å². The standard InChI is InChI=1S/C17H15ClN4O4/c1-8-6-11-14(13(23)7-8)9(2)19-17(20-11)21-16(24)10-4-3-5-12(15(10)18)22(25)26/h3-5,8H,6-7H2,1-2H3,(H,19,20,21,24)/t8-/m0/s1. The van der Waals surface area contributed by atoms with Crippen LogP contribution in [0.1, 0.15) is 45.4 Å². The van der Waals surface area contributed by atoms with Crippen molar-refractivity contribution in [1.29, 1.82) is 0 Å². The number of hydrogen-bond acceptors (Lipinski definition) is 6. The predicted octanol–water partition coefficient (Wildman–Crippen LogP) is 3.36. The quantitative estimate of drug-likeness (QED) is 0.650. The maximum absolute atomic E-state index is 12.5. The summed E-state index contributed by atoms with van der Waals surface area (Å²) in [6, 6.07) is 3.96. The lowest BCUT2D eigenvalue weighted by atomic mass is 9.86. The van der Waals surface area contributed by atoms with Crippen LogP contribution in [0.4, 0.5) is 11.6 Å². The molecule has 134 valence electrons. The number of Topliss-reactive ketones (excluding diaryl/α,β-unsaturated/α-hetero) is 1. The number of benzene rings is 1. The maximum Gasteiger partial charge on any atom is 0.288 e. The molecule has 0 saturated heterocycles. The van der Waals surface area contributed by atoms with Crippen LogP contribution in [0.2, 0.25) is 5.02 Å². The number of carbonyl (C=O) groups is 2. The van der Waals surface area contributed by atoms with E-state index in [9.17, 15) is 19.7 Å². The molecule has 1 amide bonds. The number of amides is 1. The van der Waals surface area contributed by atoms with E-state index in [1.54, 1.807) is 6.92 Å². The first-order chi connectivity index (χ1) is 12.3. The van der Waals surface area contributed by atoms with Crippen molar-refractivity contribution in [2.45, 2.75) is 26.7 Å². The molecule has 0 fully saturated rings. The van der Waals surface area contributed by atoms with Crippen molar-refractivity contribution < 1.29 is 14.5 Å². The number of nitrogens with zero attached hydrogens (tertiary/aromatic N) is 3. The first-order valence-corrected chi connectivity index (χ1v) is 8.30. The van der Waals surface area contributed by atoms with E-state index in [2.05, 4.69) is 15.3 Å². The van der Waals surface area contributed by atoms with Crippen LogP contribution in [0.5, 0.6) is 0 Å². The molecule has 0 unspecified atom stereocenters. The lowest BCUT2D eigenvalue weighted by molar-refractivity contribution is -0.384. The maximum atomic E-state index is 12.5. The molecule has 0 radical (unpaired) electrons. The molecular weight excluding hydrogens is 360 g/mol. The van der Waals surface area contributed by atoms with E-state index in [0.29, 0.717) is 29.8 Å². The molecule has 0 aliphatic heterocycles. The number of nitrogens with one attached hydrogen (secondary N) is 1. The second-order valence-electron chi connectivity index (χ2n) is 6.24. The summed E-state index contributed by atoms with van der Waals surface area (Å²) < 4.78 is 0. The van der Waals surface area contributed by atoms with Crippen molar-refractivity contribution in [3.8, 4) is 0 Å². The van der Waals surface area contributed by atoms with Gasteiger partial charge in [-0.2, -0.15) is 0 Å². The average molecular weight is 375 g/mol. The number of halogens is 1. The monoisotopic (exact) mass is 374 g/mol. The summed E-state index contributed by atoms with van der Waals surface area (Å²) in [6.07, 6.45) is 1.07. The van der Waals surface area contributed by atoms with Gasteiger partial charge in [0.05, 0.1) is 27.4 Å². The largest absolute Gasteiger partial charge is 0.294 e. The first-order valence-electron chi connectivity index (χ1n) is 7.93. The molecule has 2 aromatic rings. The molecule has 0 bridgehead atoms. The van der Waals surface area contributed by atoms with Crippen molar-refractivity contribution >= 4 is 34.9 Å². The van der Waals surface area contributed by atoms with Crippen molar-refractivity contribution in [1.82, 2.24) is 9.97 Å². The van der Waals surface area contributed by atoms with Gasteiger partial charge in [0.2, 0.25) is 5.95 Å². The second kappa shape index (κ2) is 6.80. The Kier molecular flexibility index (Phi) is 4.69. The van der Waals surface area contributed by atoms with Crippen LogP contribution in [0.3, 0.4) is 0 Å². The van der Waals surface area contributed by atoms with Crippen LogP contribution in [0.25, 0.3) is 0 Å². The lowest BCUT2D eigenvalue weighted by Crippen LogP contribution is -2.23. The van der Waals surface area contributed by atoms with Gasteiger partial charge in [-0.05, 0) is 25.3 Å². The number of rotatable bonds is 3.